The predicted octanol–water partition coefficient (Wildman–Crippen LogP) is 3.34. The predicted molar refractivity (Wildman–Crippen MR) is 129 cm³/mol. The van der Waals surface area contributed by atoms with Crippen LogP contribution in [0.2, 0.25) is 0 Å². The lowest BCUT2D eigenvalue weighted by molar-refractivity contribution is -0.108. The van der Waals surface area contributed by atoms with E-state index in [1.165, 1.54) is 6.08 Å². The van der Waals surface area contributed by atoms with Crippen LogP contribution in [0, 0.1) is 5.41 Å². The van der Waals surface area contributed by atoms with Crippen LogP contribution in [-0.4, -0.2) is 45.6 Å². The Balaban J connectivity index is 1.75. The first-order chi connectivity index (χ1) is 15.0. The van der Waals surface area contributed by atoms with Gasteiger partial charge in [0.1, 0.15) is 5.71 Å². The second kappa shape index (κ2) is 9.26. The summed E-state index contributed by atoms with van der Waals surface area (Å²) >= 11 is 3.30. The van der Waals surface area contributed by atoms with E-state index in [0.29, 0.717) is 28.9 Å². The van der Waals surface area contributed by atoms with Crippen molar-refractivity contribution in [3.05, 3.63) is 69.7 Å². The molecule has 2 aromatic rings. The summed E-state index contributed by atoms with van der Waals surface area (Å²) < 4.78 is 0.756. The summed E-state index contributed by atoms with van der Waals surface area (Å²) in [4.78, 5) is 27.2. The number of hydrogen-bond donors (Lipinski definition) is 4. The van der Waals surface area contributed by atoms with Crippen LogP contribution < -0.4 is 11.5 Å². The number of ketones is 1. The maximum atomic E-state index is 12.9. The number of aliphatic hydroxyl groups is 1. The zero-order valence-corrected chi connectivity index (χ0v) is 19.6. The maximum absolute atomic E-state index is 12.9. The van der Waals surface area contributed by atoms with E-state index < -0.39 is 11.4 Å². The number of carbonyl (C=O) groups excluding carboxylic acids is 2. The van der Waals surface area contributed by atoms with Crippen LogP contribution in [0.4, 0.5) is 5.69 Å². The zero-order valence-electron chi connectivity index (χ0n) is 18.1. The molecule has 1 aliphatic heterocycles. The smallest absolute Gasteiger partial charge is 0.254 e. The SMILES string of the molecule is CC(C)(O)[C@@H]1CCCN1C(=O)c1ccc(C(N)=CC(=O)C(=N)c2ccc(Br)cc2N)cc1. The summed E-state index contributed by atoms with van der Waals surface area (Å²) in [6.07, 6.45) is 2.80. The standard InChI is InChI=1S/C24H27BrN4O3/c1-24(2,32)21-4-3-11-29(21)23(31)15-7-5-14(6-8-15)18(26)13-20(30)22(28)17-10-9-16(25)12-19(17)27/h5-10,12-13,21,28,32H,3-4,11,26-27H2,1-2H3/t21-/m0/s1. The van der Waals surface area contributed by atoms with Crippen molar-refractivity contribution in [2.24, 2.45) is 5.73 Å². The third kappa shape index (κ3) is 5.08. The van der Waals surface area contributed by atoms with Gasteiger partial charge in [-0.25, -0.2) is 0 Å². The van der Waals surface area contributed by atoms with Crippen molar-refractivity contribution in [1.29, 1.82) is 5.41 Å². The number of amides is 1. The highest BCUT2D eigenvalue weighted by Crippen LogP contribution is 2.28. The molecule has 3 rings (SSSR count). The molecule has 2 aromatic carbocycles. The molecule has 0 aliphatic carbocycles. The van der Waals surface area contributed by atoms with Gasteiger partial charge in [-0.3, -0.25) is 15.0 Å². The molecular weight excluding hydrogens is 472 g/mol. The van der Waals surface area contributed by atoms with Crippen LogP contribution in [0.5, 0.6) is 0 Å². The minimum Gasteiger partial charge on any atom is -0.398 e. The van der Waals surface area contributed by atoms with Gasteiger partial charge in [0, 0.05) is 39.6 Å². The minimum atomic E-state index is -0.970. The first-order valence-corrected chi connectivity index (χ1v) is 11.1. The quantitative estimate of drug-likeness (QED) is 0.275. The van der Waals surface area contributed by atoms with Crippen LogP contribution in [0.15, 0.2) is 53.0 Å². The van der Waals surface area contributed by atoms with Crippen molar-refractivity contribution >= 4 is 44.7 Å². The van der Waals surface area contributed by atoms with Gasteiger partial charge < -0.3 is 21.5 Å². The average Bonchev–Trinajstić information content (AvgIpc) is 3.23. The Morgan fingerprint density at radius 3 is 2.41 bits per heavy atom. The third-order valence-electron chi connectivity index (χ3n) is 5.61. The highest BCUT2D eigenvalue weighted by molar-refractivity contribution is 9.10. The number of halogens is 1. The number of nitrogens with zero attached hydrogens (tertiary/aromatic N) is 1. The van der Waals surface area contributed by atoms with E-state index in [2.05, 4.69) is 15.9 Å². The van der Waals surface area contributed by atoms with Gasteiger partial charge in [-0.2, -0.15) is 0 Å². The van der Waals surface area contributed by atoms with Gasteiger partial charge in [-0.15, -0.1) is 0 Å². The summed E-state index contributed by atoms with van der Waals surface area (Å²) in [5.74, 6) is -0.714. The fourth-order valence-corrected chi connectivity index (χ4v) is 4.28. The largest absolute Gasteiger partial charge is 0.398 e. The normalized spacial score (nSPS) is 16.8. The monoisotopic (exact) mass is 498 g/mol. The lowest BCUT2D eigenvalue weighted by Crippen LogP contribution is -2.48. The molecule has 0 aromatic heterocycles. The van der Waals surface area contributed by atoms with Crippen LogP contribution in [0.1, 0.15) is 48.2 Å². The molecule has 1 saturated heterocycles. The molecule has 0 spiro atoms. The molecule has 168 valence electrons. The molecule has 1 amide bonds. The van der Waals surface area contributed by atoms with E-state index in [1.54, 1.807) is 61.2 Å². The number of nitrogens with one attached hydrogen (secondary N) is 1. The Morgan fingerprint density at radius 2 is 1.81 bits per heavy atom. The summed E-state index contributed by atoms with van der Waals surface area (Å²) in [6, 6.07) is 11.3. The number of carbonyl (C=O) groups is 2. The minimum absolute atomic E-state index is 0.146. The van der Waals surface area contributed by atoms with Crippen molar-refractivity contribution < 1.29 is 14.7 Å². The molecule has 1 heterocycles. The van der Waals surface area contributed by atoms with Crippen LogP contribution >= 0.6 is 15.9 Å². The summed E-state index contributed by atoms with van der Waals surface area (Å²) in [7, 11) is 0. The molecule has 8 heteroatoms. The molecule has 0 radical (unpaired) electrons. The number of likely N-dealkylation sites (tertiary alicyclic amines) is 1. The van der Waals surface area contributed by atoms with Gasteiger partial charge in [-0.1, -0.05) is 28.1 Å². The van der Waals surface area contributed by atoms with E-state index in [0.717, 1.165) is 17.3 Å². The fourth-order valence-electron chi connectivity index (χ4n) is 3.91. The number of nitrogens with two attached hydrogens (primary N) is 2. The molecule has 0 bridgehead atoms. The lowest BCUT2D eigenvalue weighted by Gasteiger charge is -2.33. The van der Waals surface area contributed by atoms with Gasteiger partial charge in [-0.05, 0) is 62.6 Å². The maximum Gasteiger partial charge on any atom is 0.254 e. The number of benzene rings is 2. The van der Waals surface area contributed by atoms with Crippen molar-refractivity contribution in [2.75, 3.05) is 12.3 Å². The number of allylic oxidation sites excluding steroid dienone is 1. The molecule has 1 fully saturated rings. The first-order valence-electron chi connectivity index (χ1n) is 10.3. The van der Waals surface area contributed by atoms with E-state index in [9.17, 15) is 14.7 Å². The first kappa shape index (κ1) is 23.7. The Kier molecular flexibility index (Phi) is 6.85. The zero-order chi connectivity index (χ0) is 23.6. The molecular formula is C24H27BrN4O3. The van der Waals surface area contributed by atoms with E-state index in [1.807, 2.05) is 0 Å². The van der Waals surface area contributed by atoms with Crippen molar-refractivity contribution in [3.8, 4) is 0 Å². The molecule has 0 saturated carbocycles. The molecule has 32 heavy (non-hydrogen) atoms. The molecule has 1 atom stereocenters. The number of rotatable bonds is 6. The second-order valence-electron chi connectivity index (χ2n) is 8.46. The Morgan fingerprint density at radius 1 is 1.19 bits per heavy atom. The number of hydrogen-bond acceptors (Lipinski definition) is 6. The molecule has 6 N–H and O–H groups in total. The molecule has 0 unspecified atom stereocenters. The van der Waals surface area contributed by atoms with E-state index >= 15 is 0 Å². The highest BCUT2D eigenvalue weighted by atomic mass is 79.9. The summed E-state index contributed by atoms with van der Waals surface area (Å²) in [5, 5.41) is 18.5. The third-order valence-corrected chi connectivity index (χ3v) is 6.10. The van der Waals surface area contributed by atoms with Crippen molar-refractivity contribution in [3.63, 3.8) is 0 Å². The van der Waals surface area contributed by atoms with Crippen LogP contribution in [0.25, 0.3) is 5.70 Å². The van der Waals surface area contributed by atoms with Gasteiger partial charge in [0.25, 0.3) is 5.91 Å². The molecule has 1 aliphatic rings. The highest BCUT2D eigenvalue weighted by Gasteiger charge is 2.38. The van der Waals surface area contributed by atoms with Gasteiger partial charge in [0.05, 0.1) is 11.6 Å². The van der Waals surface area contributed by atoms with Gasteiger partial charge in [0.2, 0.25) is 5.78 Å². The van der Waals surface area contributed by atoms with E-state index in [4.69, 9.17) is 16.9 Å². The summed E-state index contributed by atoms with van der Waals surface area (Å²) in [6.45, 7) is 4.04. The Hall–Kier alpha value is -2.97. The molecule has 7 nitrogen and oxygen atoms in total. The van der Waals surface area contributed by atoms with Crippen LogP contribution in [0.3, 0.4) is 0 Å². The Bertz CT molecular complexity index is 1090. The summed E-state index contributed by atoms with van der Waals surface area (Å²) in [5.41, 5.74) is 12.6. The fraction of sp³-hybridized carbons (Fsp3) is 0.292. The van der Waals surface area contributed by atoms with Gasteiger partial charge in [0.15, 0.2) is 0 Å². The second-order valence-corrected chi connectivity index (χ2v) is 9.37. The van der Waals surface area contributed by atoms with Crippen LogP contribution in [-0.2, 0) is 4.79 Å². The van der Waals surface area contributed by atoms with Crippen molar-refractivity contribution in [2.45, 2.75) is 38.3 Å². The van der Waals surface area contributed by atoms with Crippen molar-refractivity contribution in [1.82, 2.24) is 4.90 Å². The van der Waals surface area contributed by atoms with Gasteiger partial charge >= 0.3 is 0 Å². The topological polar surface area (TPSA) is 134 Å². The average molecular weight is 499 g/mol. The number of anilines is 1. The van der Waals surface area contributed by atoms with E-state index in [-0.39, 0.29) is 23.4 Å². The number of nitrogen functional groups attached to an aromatic ring is 1. The lowest BCUT2D eigenvalue weighted by atomic mass is 9.96. The Labute approximate surface area is 195 Å².